The number of aliphatic hydroxyl groups is 6. The average molecular weight is 638 g/mol. The Kier molecular flexibility index (Phi) is 12.4. The first-order chi connectivity index (χ1) is 21.5. The molecule has 0 radical (unpaired) electrons. The molecule has 7 N–H and O–H groups in total. The number of benzene rings is 2. The van der Waals surface area contributed by atoms with Crippen molar-refractivity contribution in [2.75, 3.05) is 13.2 Å². The molecular weight excluding hydrogens is 598 g/mol. The van der Waals surface area contributed by atoms with Gasteiger partial charge in [-0.15, -0.1) is 0 Å². The highest BCUT2D eigenvalue weighted by molar-refractivity contribution is 5.70. The summed E-state index contributed by atoms with van der Waals surface area (Å²) in [6, 6.07) is 12.3. The van der Waals surface area contributed by atoms with E-state index in [4.69, 9.17) is 28.4 Å². The molecule has 2 saturated heterocycles. The van der Waals surface area contributed by atoms with Gasteiger partial charge in [-0.25, -0.2) is 0 Å². The summed E-state index contributed by atoms with van der Waals surface area (Å²) >= 11 is 0. The lowest BCUT2D eigenvalue weighted by atomic mass is 9.95. The molecular formula is C30H39NO14. The molecule has 0 aromatic heterocycles. The quantitative estimate of drug-likeness (QED) is 0.104. The molecule has 4 rings (SSSR count). The Bertz CT molecular complexity index is 1280. The van der Waals surface area contributed by atoms with Crippen molar-refractivity contribution in [3.05, 3.63) is 59.7 Å². The molecule has 0 saturated carbocycles. The molecule has 10 atom stereocenters. The highest BCUT2D eigenvalue weighted by atomic mass is 16.7. The molecule has 15 heteroatoms. The van der Waals surface area contributed by atoms with E-state index >= 15 is 0 Å². The van der Waals surface area contributed by atoms with Crippen LogP contribution in [0, 0.1) is 0 Å². The largest absolute Gasteiger partial charge is 0.426 e. The molecule has 15 nitrogen and oxygen atoms in total. The van der Waals surface area contributed by atoms with E-state index < -0.39 is 86.5 Å². The summed E-state index contributed by atoms with van der Waals surface area (Å²) < 4.78 is 33.9. The number of hydrogen-bond acceptors (Lipinski definition) is 15. The van der Waals surface area contributed by atoms with Gasteiger partial charge in [-0.2, -0.15) is 0 Å². The molecule has 0 spiro atoms. The van der Waals surface area contributed by atoms with E-state index in [9.17, 15) is 40.2 Å². The molecule has 1 unspecified atom stereocenters. The Morgan fingerprint density at radius 2 is 1.29 bits per heavy atom. The molecule has 0 aliphatic carbocycles. The summed E-state index contributed by atoms with van der Waals surface area (Å²) in [6.07, 6.45) is -13.4. The zero-order valence-electron chi connectivity index (χ0n) is 24.7. The SMILES string of the molecule is CC(=O)Oc1ccccc1CN[C@H]1C(OCc2ccccc2OC(C)=O)O[C@H](CO)[C@@H](O[C@@H]2O[C@H](CO)[C@H](O)[C@H](O)[C@H]2O)[C@@H]1O. The van der Waals surface area contributed by atoms with Crippen molar-refractivity contribution in [3.63, 3.8) is 0 Å². The second kappa shape index (κ2) is 16.0. The molecule has 248 valence electrons. The first-order valence-corrected chi connectivity index (χ1v) is 14.3. The molecule has 0 bridgehead atoms. The summed E-state index contributed by atoms with van der Waals surface area (Å²) in [5.74, 6) is -0.538. The number of aliphatic hydroxyl groups excluding tert-OH is 6. The summed E-state index contributed by atoms with van der Waals surface area (Å²) in [4.78, 5) is 23.2. The number of nitrogens with one attached hydrogen (secondary N) is 1. The van der Waals surface area contributed by atoms with E-state index in [0.717, 1.165) is 0 Å². The van der Waals surface area contributed by atoms with Crippen LogP contribution < -0.4 is 14.8 Å². The van der Waals surface area contributed by atoms with Crippen LogP contribution in [-0.4, -0.2) is 117 Å². The van der Waals surface area contributed by atoms with Crippen LogP contribution >= 0.6 is 0 Å². The maximum absolute atomic E-state index is 11.6. The monoisotopic (exact) mass is 637 g/mol. The summed E-state index contributed by atoms with van der Waals surface area (Å²) in [6.45, 7) is 1.04. The van der Waals surface area contributed by atoms with Gasteiger partial charge in [-0.1, -0.05) is 36.4 Å². The summed E-state index contributed by atoms with van der Waals surface area (Å²) in [7, 11) is 0. The zero-order chi connectivity index (χ0) is 32.7. The second-order valence-corrected chi connectivity index (χ2v) is 10.6. The fourth-order valence-electron chi connectivity index (χ4n) is 5.11. The van der Waals surface area contributed by atoms with Crippen molar-refractivity contribution in [1.82, 2.24) is 5.32 Å². The predicted molar refractivity (Wildman–Crippen MR) is 151 cm³/mol. The van der Waals surface area contributed by atoms with Crippen LogP contribution in [0.4, 0.5) is 0 Å². The van der Waals surface area contributed by atoms with Crippen molar-refractivity contribution in [2.24, 2.45) is 0 Å². The number of carbonyl (C=O) groups excluding carboxylic acids is 2. The minimum atomic E-state index is -1.77. The molecule has 0 amide bonds. The number of carbonyl (C=O) groups is 2. The van der Waals surface area contributed by atoms with Crippen LogP contribution in [-0.2, 0) is 41.7 Å². The van der Waals surface area contributed by atoms with E-state index in [1.54, 1.807) is 48.5 Å². The fourth-order valence-corrected chi connectivity index (χ4v) is 5.11. The lowest BCUT2D eigenvalue weighted by Crippen LogP contribution is -2.67. The van der Waals surface area contributed by atoms with Gasteiger partial charge in [0.25, 0.3) is 0 Å². The van der Waals surface area contributed by atoms with E-state index in [1.165, 1.54) is 13.8 Å². The van der Waals surface area contributed by atoms with Gasteiger partial charge in [0.1, 0.15) is 54.2 Å². The number of rotatable bonds is 12. The second-order valence-electron chi connectivity index (χ2n) is 10.6. The van der Waals surface area contributed by atoms with Crippen molar-refractivity contribution in [2.45, 2.75) is 88.3 Å². The predicted octanol–water partition coefficient (Wildman–Crippen LogP) is -1.52. The minimum absolute atomic E-state index is 0.0367. The highest BCUT2D eigenvalue weighted by Crippen LogP contribution is 2.31. The van der Waals surface area contributed by atoms with Crippen LogP contribution in [0.5, 0.6) is 11.5 Å². The smallest absolute Gasteiger partial charge is 0.308 e. The van der Waals surface area contributed by atoms with Gasteiger partial charge < -0.3 is 64.4 Å². The van der Waals surface area contributed by atoms with Crippen LogP contribution in [0.3, 0.4) is 0 Å². The van der Waals surface area contributed by atoms with E-state index in [-0.39, 0.29) is 24.7 Å². The van der Waals surface area contributed by atoms with Gasteiger partial charge in [0.2, 0.25) is 0 Å². The normalized spacial score (nSPS) is 31.7. The maximum Gasteiger partial charge on any atom is 0.308 e. The van der Waals surface area contributed by atoms with Crippen molar-refractivity contribution in [3.8, 4) is 11.5 Å². The van der Waals surface area contributed by atoms with Gasteiger partial charge >= 0.3 is 11.9 Å². The first kappa shape index (κ1) is 34.8. The summed E-state index contributed by atoms with van der Waals surface area (Å²) in [5.41, 5.74) is 1.04. The molecule has 2 fully saturated rings. The lowest BCUT2D eigenvalue weighted by molar-refractivity contribution is -0.349. The van der Waals surface area contributed by atoms with Gasteiger partial charge in [0, 0.05) is 31.5 Å². The van der Waals surface area contributed by atoms with Gasteiger partial charge in [0.05, 0.1) is 25.9 Å². The molecule has 45 heavy (non-hydrogen) atoms. The molecule has 2 aliphatic rings. The third-order valence-corrected chi connectivity index (χ3v) is 7.38. The number of ether oxygens (including phenoxy) is 6. The zero-order valence-corrected chi connectivity index (χ0v) is 24.7. The maximum atomic E-state index is 11.6. The van der Waals surface area contributed by atoms with Crippen LogP contribution in [0.1, 0.15) is 25.0 Å². The van der Waals surface area contributed by atoms with Crippen molar-refractivity contribution in [1.29, 1.82) is 0 Å². The Morgan fingerprint density at radius 3 is 1.89 bits per heavy atom. The third kappa shape index (κ3) is 8.60. The number of hydrogen-bond donors (Lipinski definition) is 7. The standard InChI is InChI=1S/C30H39NO14/c1-15(34)41-19-9-5-3-7-17(19)11-31-23-25(37)28(45-30-27(39)26(38)24(36)21(12-32)43-30)22(13-33)44-29(23)40-14-18-8-4-6-10-20(18)42-16(2)35/h3-10,21-33,36-39H,11-14H2,1-2H3/t21-,22-,23-,24+,25-,26+,27-,28-,29?,30+/m1/s1. The molecule has 2 aromatic carbocycles. The Hall–Kier alpha value is -3.06. The summed E-state index contributed by atoms with van der Waals surface area (Å²) in [5, 5.41) is 65.4. The third-order valence-electron chi connectivity index (χ3n) is 7.38. The van der Waals surface area contributed by atoms with Crippen molar-refractivity contribution < 1.29 is 68.6 Å². The van der Waals surface area contributed by atoms with Crippen LogP contribution in [0.15, 0.2) is 48.5 Å². The van der Waals surface area contributed by atoms with Crippen LogP contribution in [0.2, 0.25) is 0 Å². The average Bonchev–Trinajstić information content (AvgIpc) is 3.01. The Labute approximate surface area is 258 Å². The highest BCUT2D eigenvalue weighted by Gasteiger charge is 2.51. The topological polar surface area (TPSA) is 223 Å². The molecule has 2 heterocycles. The minimum Gasteiger partial charge on any atom is -0.426 e. The van der Waals surface area contributed by atoms with Gasteiger partial charge in [-0.05, 0) is 12.1 Å². The number of esters is 2. The Morgan fingerprint density at radius 1 is 0.733 bits per heavy atom. The number of para-hydroxylation sites is 2. The first-order valence-electron chi connectivity index (χ1n) is 14.3. The van der Waals surface area contributed by atoms with Crippen molar-refractivity contribution >= 4 is 11.9 Å². The van der Waals surface area contributed by atoms with E-state index in [1.807, 2.05) is 0 Å². The molecule has 2 aromatic rings. The van der Waals surface area contributed by atoms with E-state index in [0.29, 0.717) is 11.1 Å². The van der Waals surface area contributed by atoms with Gasteiger partial charge in [-0.3, -0.25) is 9.59 Å². The Balaban J connectivity index is 1.59. The van der Waals surface area contributed by atoms with Crippen LogP contribution in [0.25, 0.3) is 0 Å². The van der Waals surface area contributed by atoms with E-state index in [2.05, 4.69) is 5.32 Å². The molecule has 2 aliphatic heterocycles. The lowest BCUT2D eigenvalue weighted by Gasteiger charge is -2.47. The van der Waals surface area contributed by atoms with Gasteiger partial charge in [0.15, 0.2) is 12.6 Å². The fraction of sp³-hybridized carbons (Fsp3) is 0.533.